The lowest BCUT2D eigenvalue weighted by Gasteiger charge is -2.22. The first-order valence-electron chi connectivity index (χ1n) is 6.08. The van der Waals surface area contributed by atoms with Crippen molar-refractivity contribution < 1.29 is 4.79 Å². The maximum absolute atomic E-state index is 11.7. The smallest absolute Gasteiger partial charge is 0.225 e. The number of rotatable bonds is 5. The van der Waals surface area contributed by atoms with Crippen molar-refractivity contribution in [1.82, 2.24) is 10.6 Å². The molecule has 1 amide bonds. The molecule has 0 radical (unpaired) electrons. The van der Waals surface area contributed by atoms with E-state index in [-0.39, 0.29) is 11.3 Å². The Labute approximate surface area is 93.0 Å². The molecule has 1 atom stereocenters. The number of carbonyl (C=O) groups is 1. The number of carbonyl (C=O) groups excluding carboxylic acids is 1. The second-order valence-electron chi connectivity index (χ2n) is 5.08. The van der Waals surface area contributed by atoms with Gasteiger partial charge in [-0.2, -0.15) is 0 Å². The predicted octanol–water partition coefficient (Wildman–Crippen LogP) is 1.68. The van der Waals surface area contributed by atoms with E-state index in [1.807, 2.05) is 13.8 Å². The van der Waals surface area contributed by atoms with Crippen LogP contribution in [0.2, 0.25) is 0 Å². The van der Waals surface area contributed by atoms with E-state index >= 15 is 0 Å². The van der Waals surface area contributed by atoms with E-state index in [2.05, 4.69) is 17.6 Å². The summed E-state index contributed by atoms with van der Waals surface area (Å²) >= 11 is 0. The number of hydrogen-bond donors (Lipinski definition) is 2. The SMILES string of the molecule is CCC(C)(C)C(=O)NCC[C@@H]1CCCN1. The van der Waals surface area contributed by atoms with Crippen molar-refractivity contribution in [3.05, 3.63) is 0 Å². The Morgan fingerprint density at radius 1 is 1.53 bits per heavy atom. The average Bonchev–Trinajstić information content (AvgIpc) is 2.70. The van der Waals surface area contributed by atoms with Crippen LogP contribution in [0.1, 0.15) is 46.5 Å². The van der Waals surface area contributed by atoms with Gasteiger partial charge >= 0.3 is 0 Å². The zero-order valence-electron chi connectivity index (χ0n) is 10.2. The molecule has 2 N–H and O–H groups in total. The van der Waals surface area contributed by atoms with Gasteiger partial charge in [-0.15, -0.1) is 0 Å². The summed E-state index contributed by atoms with van der Waals surface area (Å²) in [6.45, 7) is 7.99. The zero-order valence-corrected chi connectivity index (χ0v) is 10.2. The van der Waals surface area contributed by atoms with Crippen LogP contribution in [-0.4, -0.2) is 25.0 Å². The Morgan fingerprint density at radius 2 is 2.27 bits per heavy atom. The summed E-state index contributed by atoms with van der Waals surface area (Å²) in [7, 11) is 0. The fourth-order valence-electron chi connectivity index (χ4n) is 1.76. The molecule has 3 heteroatoms. The fourth-order valence-corrected chi connectivity index (χ4v) is 1.76. The van der Waals surface area contributed by atoms with Crippen molar-refractivity contribution in [3.8, 4) is 0 Å². The van der Waals surface area contributed by atoms with Crippen molar-refractivity contribution >= 4 is 5.91 Å². The first kappa shape index (κ1) is 12.5. The van der Waals surface area contributed by atoms with Crippen LogP contribution in [0.5, 0.6) is 0 Å². The van der Waals surface area contributed by atoms with Crippen LogP contribution in [0.4, 0.5) is 0 Å². The summed E-state index contributed by atoms with van der Waals surface area (Å²) in [6.07, 6.45) is 4.48. The van der Waals surface area contributed by atoms with E-state index in [1.165, 1.54) is 12.8 Å². The number of hydrogen-bond acceptors (Lipinski definition) is 2. The first-order valence-corrected chi connectivity index (χ1v) is 6.08. The molecule has 0 saturated carbocycles. The summed E-state index contributed by atoms with van der Waals surface area (Å²) in [5.41, 5.74) is -0.219. The van der Waals surface area contributed by atoms with E-state index in [1.54, 1.807) is 0 Å². The number of amides is 1. The van der Waals surface area contributed by atoms with Gasteiger partial charge in [0.1, 0.15) is 0 Å². The molecular weight excluding hydrogens is 188 g/mol. The molecule has 0 aromatic rings. The molecular formula is C12H24N2O. The van der Waals surface area contributed by atoms with E-state index in [4.69, 9.17) is 0 Å². The molecule has 0 bridgehead atoms. The van der Waals surface area contributed by atoms with Crippen LogP contribution < -0.4 is 10.6 Å². The Hall–Kier alpha value is -0.570. The first-order chi connectivity index (χ1) is 7.06. The van der Waals surface area contributed by atoms with Crippen molar-refractivity contribution in [2.45, 2.75) is 52.5 Å². The van der Waals surface area contributed by atoms with Gasteiger partial charge in [0.05, 0.1) is 0 Å². The van der Waals surface area contributed by atoms with Crippen molar-refractivity contribution in [2.24, 2.45) is 5.41 Å². The Kier molecular flexibility index (Phi) is 4.58. The molecule has 0 unspecified atom stereocenters. The highest BCUT2D eigenvalue weighted by atomic mass is 16.2. The van der Waals surface area contributed by atoms with E-state index in [0.717, 1.165) is 25.9 Å². The Morgan fingerprint density at radius 3 is 2.80 bits per heavy atom. The lowest BCUT2D eigenvalue weighted by molar-refractivity contribution is -0.129. The van der Waals surface area contributed by atoms with E-state index in [9.17, 15) is 4.79 Å². The highest BCUT2D eigenvalue weighted by Gasteiger charge is 2.24. The topological polar surface area (TPSA) is 41.1 Å². The third kappa shape index (κ3) is 3.82. The average molecular weight is 212 g/mol. The molecule has 0 aromatic heterocycles. The monoisotopic (exact) mass is 212 g/mol. The van der Waals surface area contributed by atoms with Gasteiger partial charge in [0.25, 0.3) is 0 Å². The highest BCUT2D eigenvalue weighted by molar-refractivity contribution is 5.81. The van der Waals surface area contributed by atoms with Crippen LogP contribution in [-0.2, 0) is 4.79 Å². The molecule has 0 aliphatic carbocycles. The van der Waals surface area contributed by atoms with Crippen molar-refractivity contribution in [1.29, 1.82) is 0 Å². The van der Waals surface area contributed by atoms with Gasteiger partial charge in [0.15, 0.2) is 0 Å². The second kappa shape index (κ2) is 5.50. The van der Waals surface area contributed by atoms with E-state index in [0.29, 0.717) is 6.04 Å². The Bertz CT molecular complexity index is 208. The van der Waals surface area contributed by atoms with Crippen molar-refractivity contribution in [3.63, 3.8) is 0 Å². The molecule has 1 fully saturated rings. The molecule has 1 saturated heterocycles. The van der Waals surface area contributed by atoms with Gasteiger partial charge in [-0.3, -0.25) is 4.79 Å². The normalized spacial score (nSPS) is 21.7. The lowest BCUT2D eigenvalue weighted by Crippen LogP contribution is -2.38. The summed E-state index contributed by atoms with van der Waals surface area (Å²) in [5, 5.41) is 6.45. The predicted molar refractivity (Wildman–Crippen MR) is 62.7 cm³/mol. The zero-order chi connectivity index (χ0) is 11.3. The maximum Gasteiger partial charge on any atom is 0.225 e. The summed E-state index contributed by atoms with van der Waals surface area (Å²) in [5.74, 6) is 0.183. The van der Waals surface area contributed by atoms with Gasteiger partial charge in [-0.1, -0.05) is 20.8 Å². The van der Waals surface area contributed by atoms with Gasteiger partial charge < -0.3 is 10.6 Å². The third-order valence-corrected chi connectivity index (χ3v) is 3.44. The largest absolute Gasteiger partial charge is 0.356 e. The summed E-state index contributed by atoms with van der Waals surface area (Å²) in [4.78, 5) is 11.7. The molecule has 1 rings (SSSR count). The molecule has 1 aliphatic heterocycles. The van der Waals surface area contributed by atoms with Crippen LogP contribution in [0.3, 0.4) is 0 Å². The van der Waals surface area contributed by atoms with Gasteiger partial charge in [0, 0.05) is 18.0 Å². The minimum absolute atomic E-state index is 0.183. The molecule has 0 aromatic carbocycles. The quantitative estimate of drug-likeness (QED) is 0.728. The van der Waals surface area contributed by atoms with Gasteiger partial charge in [-0.05, 0) is 32.2 Å². The Balaban J connectivity index is 2.16. The third-order valence-electron chi connectivity index (χ3n) is 3.44. The minimum Gasteiger partial charge on any atom is -0.356 e. The van der Waals surface area contributed by atoms with Crippen LogP contribution in [0.25, 0.3) is 0 Å². The molecule has 15 heavy (non-hydrogen) atoms. The highest BCUT2D eigenvalue weighted by Crippen LogP contribution is 2.19. The summed E-state index contributed by atoms with van der Waals surface area (Å²) < 4.78 is 0. The molecule has 3 nitrogen and oxygen atoms in total. The molecule has 1 aliphatic rings. The molecule has 1 heterocycles. The second-order valence-corrected chi connectivity index (χ2v) is 5.08. The van der Waals surface area contributed by atoms with Crippen LogP contribution in [0.15, 0.2) is 0 Å². The van der Waals surface area contributed by atoms with Gasteiger partial charge in [-0.25, -0.2) is 0 Å². The lowest BCUT2D eigenvalue weighted by atomic mass is 9.89. The van der Waals surface area contributed by atoms with Crippen molar-refractivity contribution in [2.75, 3.05) is 13.1 Å². The van der Waals surface area contributed by atoms with Gasteiger partial charge in [0.2, 0.25) is 5.91 Å². The number of nitrogens with one attached hydrogen (secondary N) is 2. The van der Waals surface area contributed by atoms with Crippen LogP contribution >= 0.6 is 0 Å². The minimum atomic E-state index is -0.219. The summed E-state index contributed by atoms with van der Waals surface area (Å²) in [6, 6.07) is 0.620. The van der Waals surface area contributed by atoms with Crippen LogP contribution in [0, 0.1) is 5.41 Å². The maximum atomic E-state index is 11.7. The van der Waals surface area contributed by atoms with E-state index < -0.39 is 0 Å². The fraction of sp³-hybridized carbons (Fsp3) is 0.917. The molecule has 88 valence electrons. The standard InChI is InChI=1S/C12H24N2O/c1-4-12(2,3)11(15)14-9-7-10-6-5-8-13-10/h10,13H,4-9H2,1-3H3,(H,14,15)/t10-/m0/s1. The molecule has 0 spiro atoms.